The lowest BCUT2D eigenvalue weighted by molar-refractivity contribution is 0.279. The molecule has 3 rings (SSSR count). The van der Waals surface area contributed by atoms with Crippen LogP contribution >= 0.6 is 0 Å². The molecule has 2 aliphatic rings. The zero-order valence-corrected chi connectivity index (χ0v) is 10.3. The van der Waals surface area contributed by atoms with Crippen molar-refractivity contribution in [3.8, 4) is 11.5 Å². The van der Waals surface area contributed by atoms with Crippen LogP contribution in [-0.2, 0) is 13.0 Å². The first kappa shape index (κ1) is 10.9. The van der Waals surface area contributed by atoms with Crippen molar-refractivity contribution in [2.45, 2.75) is 25.8 Å². The highest BCUT2D eigenvalue weighted by Crippen LogP contribution is 2.35. The van der Waals surface area contributed by atoms with Gasteiger partial charge in [0.1, 0.15) is 0 Å². The summed E-state index contributed by atoms with van der Waals surface area (Å²) in [7, 11) is 1.71. The Morgan fingerprint density at radius 1 is 1.24 bits per heavy atom. The second-order valence-electron chi connectivity index (χ2n) is 4.95. The van der Waals surface area contributed by atoms with E-state index >= 15 is 0 Å². The molecule has 0 radical (unpaired) electrons. The van der Waals surface area contributed by atoms with Crippen molar-refractivity contribution >= 4 is 0 Å². The largest absolute Gasteiger partial charge is 0.493 e. The molecule has 0 atom stereocenters. The fourth-order valence-electron chi connectivity index (χ4n) is 2.25. The summed E-state index contributed by atoms with van der Waals surface area (Å²) in [5.74, 6) is 2.56. The van der Waals surface area contributed by atoms with Crippen molar-refractivity contribution in [3.63, 3.8) is 0 Å². The van der Waals surface area contributed by atoms with Crippen LogP contribution in [0, 0.1) is 5.92 Å². The van der Waals surface area contributed by atoms with E-state index in [-0.39, 0.29) is 0 Å². The molecule has 3 nitrogen and oxygen atoms in total. The van der Waals surface area contributed by atoms with Gasteiger partial charge < -0.3 is 14.8 Å². The molecule has 1 aliphatic heterocycles. The average molecular weight is 233 g/mol. The van der Waals surface area contributed by atoms with Gasteiger partial charge in [0.15, 0.2) is 11.5 Å². The summed E-state index contributed by atoms with van der Waals surface area (Å²) in [5.41, 5.74) is 2.74. The van der Waals surface area contributed by atoms with E-state index in [2.05, 4.69) is 17.4 Å². The first-order chi connectivity index (χ1) is 8.36. The maximum absolute atomic E-state index is 5.87. The van der Waals surface area contributed by atoms with Crippen LogP contribution in [-0.4, -0.2) is 20.3 Å². The second kappa shape index (κ2) is 4.57. The topological polar surface area (TPSA) is 30.5 Å². The van der Waals surface area contributed by atoms with Crippen LogP contribution < -0.4 is 14.8 Å². The van der Waals surface area contributed by atoms with Crippen molar-refractivity contribution in [2.75, 3.05) is 20.3 Å². The number of benzene rings is 1. The molecule has 0 bridgehead atoms. The van der Waals surface area contributed by atoms with Crippen LogP contribution in [0.5, 0.6) is 11.5 Å². The molecule has 0 unspecified atom stereocenters. The standard InChI is InChI=1S/C14H19NO2/c1-16-13-7-12-8-15-5-4-11(12)6-14(13)17-9-10-2-3-10/h6-7,10,15H,2-5,8-9H2,1H3. The second-order valence-corrected chi connectivity index (χ2v) is 4.95. The maximum atomic E-state index is 5.87. The van der Waals surface area contributed by atoms with E-state index in [1.165, 1.54) is 24.0 Å². The van der Waals surface area contributed by atoms with E-state index in [1.807, 2.05) is 0 Å². The minimum absolute atomic E-state index is 0.775. The quantitative estimate of drug-likeness (QED) is 0.864. The van der Waals surface area contributed by atoms with Crippen LogP contribution in [0.25, 0.3) is 0 Å². The first-order valence-electron chi connectivity index (χ1n) is 6.40. The van der Waals surface area contributed by atoms with Crippen molar-refractivity contribution in [1.82, 2.24) is 5.32 Å². The fourth-order valence-corrected chi connectivity index (χ4v) is 2.25. The fraction of sp³-hybridized carbons (Fsp3) is 0.571. The number of hydrogen-bond donors (Lipinski definition) is 1. The molecule has 92 valence electrons. The van der Waals surface area contributed by atoms with Gasteiger partial charge in [-0.2, -0.15) is 0 Å². The minimum atomic E-state index is 0.775. The number of nitrogens with one attached hydrogen (secondary N) is 1. The third-order valence-electron chi connectivity index (χ3n) is 3.54. The van der Waals surface area contributed by atoms with Gasteiger partial charge in [-0.05, 0) is 55.0 Å². The van der Waals surface area contributed by atoms with Gasteiger partial charge in [-0.1, -0.05) is 0 Å². The van der Waals surface area contributed by atoms with E-state index in [0.29, 0.717) is 0 Å². The molecule has 1 aromatic carbocycles. The summed E-state index contributed by atoms with van der Waals surface area (Å²) in [6.45, 7) is 2.84. The normalized spacial score (nSPS) is 18.6. The Morgan fingerprint density at radius 3 is 2.82 bits per heavy atom. The molecule has 0 saturated heterocycles. The average Bonchev–Trinajstić information content (AvgIpc) is 3.19. The van der Waals surface area contributed by atoms with Crippen LogP contribution in [0.3, 0.4) is 0 Å². The zero-order chi connectivity index (χ0) is 11.7. The molecule has 0 aromatic heterocycles. The highest BCUT2D eigenvalue weighted by Gasteiger charge is 2.23. The van der Waals surface area contributed by atoms with E-state index in [9.17, 15) is 0 Å². The van der Waals surface area contributed by atoms with Gasteiger partial charge in [-0.25, -0.2) is 0 Å². The lowest BCUT2D eigenvalue weighted by Crippen LogP contribution is -2.23. The summed E-state index contributed by atoms with van der Waals surface area (Å²) in [5, 5.41) is 3.38. The first-order valence-corrected chi connectivity index (χ1v) is 6.40. The molecule has 1 fully saturated rings. The molecule has 0 amide bonds. The zero-order valence-electron chi connectivity index (χ0n) is 10.3. The van der Waals surface area contributed by atoms with Crippen molar-refractivity contribution < 1.29 is 9.47 Å². The van der Waals surface area contributed by atoms with Gasteiger partial charge >= 0.3 is 0 Å². The van der Waals surface area contributed by atoms with E-state index in [4.69, 9.17) is 9.47 Å². The lowest BCUT2D eigenvalue weighted by atomic mass is 10.0. The van der Waals surface area contributed by atoms with Crippen molar-refractivity contribution in [3.05, 3.63) is 23.3 Å². The van der Waals surface area contributed by atoms with Crippen LogP contribution in [0.1, 0.15) is 24.0 Å². The molecular weight excluding hydrogens is 214 g/mol. The Labute approximate surface area is 102 Å². The predicted octanol–water partition coefficient (Wildman–Crippen LogP) is 2.13. The monoisotopic (exact) mass is 233 g/mol. The summed E-state index contributed by atoms with van der Waals surface area (Å²) in [6, 6.07) is 4.28. The van der Waals surface area contributed by atoms with Gasteiger partial charge in [-0.3, -0.25) is 0 Å². The molecule has 17 heavy (non-hydrogen) atoms. The number of ether oxygens (including phenoxy) is 2. The Morgan fingerprint density at radius 2 is 2.06 bits per heavy atom. The number of methoxy groups -OCH3 is 1. The predicted molar refractivity (Wildman–Crippen MR) is 66.6 cm³/mol. The highest BCUT2D eigenvalue weighted by molar-refractivity contribution is 5.48. The SMILES string of the molecule is COc1cc2c(cc1OCC1CC1)CCNC2. The van der Waals surface area contributed by atoms with Gasteiger partial charge in [0, 0.05) is 6.54 Å². The number of fused-ring (bicyclic) bond motifs is 1. The molecule has 3 heteroatoms. The van der Waals surface area contributed by atoms with E-state index < -0.39 is 0 Å². The molecule has 1 saturated carbocycles. The lowest BCUT2D eigenvalue weighted by Gasteiger charge is -2.20. The van der Waals surface area contributed by atoms with E-state index in [0.717, 1.165) is 43.5 Å². The molecule has 1 aliphatic carbocycles. The Balaban J connectivity index is 1.83. The van der Waals surface area contributed by atoms with Crippen molar-refractivity contribution in [2.24, 2.45) is 5.92 Å². The number of rotatable bonds is 4. The molecule has 1 aromatic rings. The Hall–Kier alpha value is -1.22. The van der Waals surface area contributed by atoms with Gasteiger partial charge in [-0.15, -0.1) is 0 Å². The summed E-state index contributed by atoms with van der Waals surface area (Å²) in [4.78, 5) is 0. The Bertz CT molecular complexity index is 413. The van der Waals surface area contributed by atoms with Crippen LogP contribution in [0.2, 0.25) is 0 Å². The third-order valence-corrected chi connectivity index (χ3v) is 3.54. The summed E-state index contributed by atoms with van der Waals surface area (Å²) < 4.78 is 11.3. The highest BCUT2D eigenvalue weighted by atomic mass is 16.5. The summed E-state index contributed by atoms with van der Waals surface area (Å²) >= 11 is 0. The van der Waals surface area contributed by atoms with Gasteiger partial charge in [0.05, 0.1) is 13.7 Å². The van der Waals surface area contributed by atoms with E-state index in [1.54, 1.807) is 7.11 Å². The molecule has 1 heterocycles. The Kier molecular flexibility index (Phi) is 2.93. The molecule has 1 N–H and O–H groups in total. The van der Waals surface area contributed by atoms with Gasteiger partial charge in [0.2, 0.25) is 0 Å². The maximum Gasteiger partial charge on any atom is 0.161 e. The van der Waals surface area contributed by atoms with Crippen LogP contribution in [0.4, 0.5) is 0 Å². The third kappa shape index (κ3) is 2.39. The summed E-state index contributed by atoms with van der Waals surface area (Å²) in [6.07, 6.45) is 3.72. The molecule has 0 spiro atoms. The smallest absolute Gasteiger partial charge is 0.161 e. The minimum Gasteiger partial charge on any atom is -0.493 e. The molecular formula is C14H19NO2. The van der Waals surface area contributed by atoms with Crippen LogP contribution in [0.15, 0.2) is 12.1 Å². The van der Waals surface area contributed by atoms with Gasteiger partial charge in [0.25, 0.3) is 0 Å². The van der Waals surface area contributed by atoms with Crippen molar-refractivity contribution in [1.29, 1.82) is 0 Å². The number of hydrogen-bond acceptors (Lipinski definition) is 3.